The lowest BCUT2D eigenvalue weighted by Gasteiger charge is -2.24. The van der Waals surface area contributed by atoms with Crippen molar-refractivity contribution in [1.29, 1.82) is 0 Å². The molecule has 1 heterocycles. The molecule has 0 aliphatic rings. The van der Waals surface area contributed by atoms with Gasteiger partial charge in [-0.2, -0.15) is 11.8 Å². The highest BCUT2D eigenvalue weighted by Crippen LogP contribution is 2.19. The number of carboxylic acid groups (broad SMARTS) is 2. The van der Waals surface area contributed by atoms with E-state index in [0.717, 1.165) is 10.9 Å². The van der Waals surface area contributed by atoms with Gasteiger partial charge in [0.25, 0.3) is 0 Å². The summed E-state index contributed by atoms with van der Waals surface area (Å²) in [5.41, 5.74) is 6.99. The molecule has 4 atom stereocenters. The summed E-state index contributed by atoms with van der Waals surface area (Å²) in [6.45, 7) is 1.44. The van der Waals surface area contributed by atoms with E-state index in [1.807, 2.05) is 18.4 Å². The molecule has 36 heavy (non-hydrogen) atoms. The predicted molar refractivity (Wildman–Crippen MR) is 134 cm³/mol. The molecule has 2 rings (SSSR count). The average molecular weight is 522 g/mol. The van der Waals surface area contributed by atoms with Crippen molar-refractivity contribution < 1.29 is 34.2 Å². The molecule has 1 aromatic carbocycles. The Labute approximate surface area is 211 Å². The van der Waals surface area contributed by atoms with Gasteiger partial charge in [0.1, 0.15) is 18.1 Å². The lowest BCUT2D eigenvalue weighted by molar-refractivity contribution is -0.143. The number of carbonyl (C=O) groups excluding carboxylic acids is 3. The number of nitrogens with two attached hydrogens (primary N) is 1. The molecule has 1 aromatic heterocycles. The minimum atomic E-state index is -1.57. The van der Waals surface area contributed by atoms with Crippen molar-refractivity contribution in [3.05, 3.63) is 36.0 Å². The van der Waals surface area contributed by atoms with Gasteiger partial charge in [0, 0.05) is 23.5 Å². The molecule has 0 aliphatic heterocycles. The van der Waals surface area contributed by atoms with Gasteiger partial charge in [-0.15, -0.1) is 0 Å². The Balaban J connectivity index is 2.17. The highest BCUT2D eigenvalue weighted by atomic mass is 32.2. The molecule has 12 nitrogen and oxygen atoms in total. The van der Waals surface area contributed by atoms with Gasteiger partial charge in [0.15, 0.2) is 0 Å². The highest BCUT2D eigenvalue weighted by Gasteiger charge is 2.31. The van der Waals surface area contributed by atoms with Crippen LogP contribution in [-0.4, -0.2) is 81.0 Å². The molecular weight excluding hydrogens is 490 g/mol. The van der Waals surface area contributed by atoms with Crippen LogP contribution in [0.25, 0.3) is 10.9 Å². The fraction of sp³-hybridized carbons (Fsp3) is 0.435. The topological polar surface area (TPSA) is 204 Å². The van der Waals surface area contributed by atoms with Crippen LogP contribution in [0.15, 0.2) is 30.5 Å². The van der Waals surface area contributed by atoms with E-state index in [4.69, 9.17) is 5.73 Å². The Kier molecular flexibility index (Phi) is 10.7. The number of thioether (sulfide) groups is 1. The zero-order valence-electron chi connectivity index (χ0n) is 19.9. The van der Waals surface area contributed by atoms with Crippen molar-refractivity contribution in [2.24, 2.45) is 5.73 Å². The lowest BCUT2D eigenvalue weighted by atomic mass is 10.0. The molecular formula is C23H31N5O7S. The van der Waals surface area contributed by atoms with Gasteiger partial charge in [0.05, 0.1) is 12.5 Å². The van der Waals surface area contributed by atoms with Crippen LogP contribution in [0.4, 0.5) is 0 Å². The predicted octanol–water partition coefficient (Wildman–Crippen LogP) is -0.176. The number of benzene rings is 1. The molecule has 0 aliphatic carbocycles. The molecule has 3 amide bonds. The van der Waals surface area contributed by atoms with E-state index in [1.54, 1.807) is 18.3 Å². The number of amides is 3. The van der Waals surface area contributed by atoms with Gasteiger partial charge in [-0.25, -0.2) is 4.79 Å². The van der Waals surface area contributed by atoms with Gasteiger partial charge in [-0.3, -0.25) is 19.2 Å². The molecule has 8 N–H and O–H groups in total. The minimum absolute atomic E-state index is 0.0698. The number of aliphatic carboxylic acids is 2. The first-order valence-corrected chi connectivity index (χ1v) is 12.6. The Bertz CT molecular complexity index is 1100. The second-order valence-corrected chi connectivity index (χ2v) is 9.24. The maximum absolute atomic E-state index is 12.9. The summed E-state index contributed by atoms with van der Waals surface area (Å²) >= 11 is 1.43. The van der Waals surface area contributed by atoms with E-state index >= 15 is 0 Å². The largest absolute Gasteiger partial charge is 0.481 e. The van der Waals surface area contributed by atoms with E-state index < -0.39 is 60.2 Å². The van der Waals surface area contributed by atoms with Crippen LogP contribution >= 0.6 is 11.8 Å². The van der Waals surface area contributed by atoms with Crippen LogP contribution in [-0.2, 0) is 30.4 Å². The number of nitrogens with one attached hydrogen (secondary N) is 4. The summed E-state index contributed by atoms with van der Waals surface area (Å²) in [5, 5.41) is 26.9. The smallest absolute Gasteiger partial charge is 0.326 e. The van der Waals surface area contributed by atoms with Crippen LogP contribution in [0.5, 0.6) is 0 Å². The van der Waals surface area contributed by atoms with Crippen LogP contribution < -0.4 is 21.7 Å². The minimum Gasteiger partial charge on any atom is -0.481 e. The Morgan fingerprint density at radius 2 is 1.58 bits per heavy atom. The number of H-pyrrole nitrogens is 1. The van der Waals surface area contributed by atoms with Crippen molar-refractivity contribution in [3.63, 3.8) is 0 Å². The Morgan fingerprint density at radius 1 is 0.972 bits per heavy atom. The summed E-state index contributed by atoms with van der Waals surface area (Å²) in [7, 11) is 0. The maximum Gasteiger partial charge on any atom is 0.326 e. The lowest BCUT2D eigenvalue weighted by Crippen LogP contribution is -2.57. The standard InChI is InChI=1S/C23H31N5O7S/c1-12(24)20(31)26-16(7-8-36-2)21(32)27-17(10-19(29)30)22(33)28-18(23(34)35)9-13-11-25-15-6-4-3-5-14(13)15/h3-6,11-12,16-18,25H,7-10,24H2,1-2H3,(H,26,31)(H,27,32)(H,28,33)(H,29,30)(H,34,35). The summed E-state index contributed by atoms with van der Waals surface area (Å²) in [5.74, 6) is -4.53. The third kappa shape index (κ3) is 8.27. The number of para-hydroxylation sites is 1. The van der Waals surface area contributed by atoms with Gasteiger partial charge in [-0.05, 0) is 37.0 Å². The zero-order valence-corrected chi connectivity index (χ0v) is 20.8. The second-order valence-electron chi connectivity index (χ2n) is 8.25. The summed E-state index contributed by atoms with van der Waals surface area (Å²) in [4.78, 5) is 64.1. The summed E-state index contributed by atoms with van der Waals surface area (Å²) in [6.07, 6.45) is 2.81. The first kappa shape index (κ1) is 28.7. The molecule has 0 saturated heterocycles. The van der Waals surface area contributed by atoms with Crippen LogP contribution in [0.3, 0.4) is 0 Å². The SMILES string of the molecule is CSCCC(NC(=O)C(C)N)C(=O)NC(CC(=O)O)C(=O)NC(Cc1c[nH]c2ccccc12)C(=O)O. The van der Waals surface area contributed by atoms with E-state index in [-0.39, 0.29) is 12.8 Å². The molecule has 0 saturated carbocycles. The number of carboxylic acids is 2. The molecule has 0 fully saturated rings. The quantitative estimate of drug-likeness (QED) is 0.176. The Hall–Kier alpha value is -3.58. The van der Waals surface area contributed by atoms with Gasteiger partial charge in [-0.1, -0.05) is 18.2 Å². The molecule has 13 heteroatoms. The highest BCUT2D eigenvalue weighted by molar-refractivity contribution is 7.98. The van der Waals surface area contributed by atoms with Crippen molar-refractivity contribution >= 4 is 52.3 Å². The number of hydrogen-bond acceptors (Lipinski definition) is 7. The Morgan fingerprint density at radius 3 is 2.19 bits per heavy atom. The van der Waals surface area contributed by atoms with Gasteiger partial charge >= 0.3 is 11.9 Å². The van der Waals surface area contributed by atoms with Crippen molar-refractivity contribution in [2.45, 2.75) is 50.4 Å². The third-order valence-electron chi connectivity index (χ3n) is 5.38. The molecule has 2 aromatic rings. The van der Waals surface area contributed by atoms with Crippen molar-refractivity contribution in [1.82, 2.24) is 20.9 Å². The third-order valence-corrected chi connectivity index (χ3v) is 6.03. The first-order valence-electron chi connectivity index (χ1n) is 11.2. The average Bonchev–Trinajstić information content (AvgIpc) is 3.22. The molecule has 0 radical (unpaired) electrons. The zero-order chi connectivity index (χ0) is 26.8. The number of aromatic amines is 1. The summed E-state index contributed by atoms with van der Waals surface area (Å²) < 4.78 is 0. The van der Waals surface area contributed by atoms with Gasteiger partial charge in [0.2, 0.25) is 17.7 Å². The van der Waals surface area contributed by atoms with Crippen molar-refractivity contribution in [3.8, 4) is 0 Å². The number of hydrogen-bond donors (Lipinski definition) is 7. The number of fused-ring (bicyclic) bond motifs is 1. The molecule has 4 unspecified atom stereocenters. The maximum atomic E-state index is 12.9. The molecule has 196 valence electrons. The number of rotatable bonds is 14. The fourth-order valence-electron chi connectivity index (χ4n) is 3.46. The normalized spacial score (nSPS) is 14.3. The van der Waals surface area contributed by atoms with Crippen LogP contribution in [0, 0.1) is 0 Å². The van der Waals surface area contributed by atoms with E-state index in [1.165, 1.54) is 18.7 Å². The second kappa shape index (κ2) is 13.5. The molecule has 0 bridgehead atoms. The first-order chi connectivity index (χ1) is 17.0. The van der Waals surface area contributed by atoms with E-state index in [2.05, 4.69) is 20.9 Å². The van der Waals surface area contributed by atoms with Gasteiger partial charge < -0.3 is 36.9 Å². The molecule has 0 spiro atoms. The number of aromatic nitrogens is 1. The van der Waals surface area contributed by atoms with Crippen LogP contribution in [0.1, 0.15) is 25.3 Å². The summed E-state index contributed by atoms with van der Waals surface area (Å²) in [6, 6.07) is 2.36. The van der Waals surface area contributed by atoms with Crippen molar-refractivity contribution in [2.75, 3.05) is 12.0 Å². The van der Waals surface area contributed by atoms with E-state index in [0.29, 0.717) is 11.3 Å². The monoisotopic (exact) mass is 521 g/mol. The van der Waals surface area contributed by atoms with Crippen LogP contribution in [0.2, 0.25) is 0 Å². The fourth-order valence-corrected chi connectivity index (χ4v) is 3.93. The number of carbonyl (C=O) groups is 5. The van der Waals surface area contributed by atoms with E-state index in [9.17, 15) is 34.2 Å².